The molecule has 1 aromatic heterocycles. The van der Waals surface area contributed by atoms with Crippen LogP contribution in [0.1, 0.15) is 39.4 Å². The van der Waals surface area contributed by atoms with Crippen molar-refractivity contribution in [3.05, 3.63) is 16.0 Å². The fourth-order valence-electron chi connectivity index (χ4n) is 2.76. The number of nitrogens with zero attached hydrogens (tertiary/aromatic N) is 2. The summed E-state index contributed by atoms with van der Waals surface area (Å²) in [6.45, 7) is 8.88. The highest BCUT2D eigenvalue weighted by Gasteiger charge is 2.26. The number of Topliss-reactive ketones (excluding diaryl/α,β-unsaturated/α-hetero) is 1. The Morgan fingerprint density at radius 3 is 2.40 bits per heavy atom. The molecule has 2 rings (SSSR count). The van der Waals surface area contributed by atoms with Crippen LogP contribution in [0.15, 0.2) is 0 Å². The van der Waals surface area contributed by atoms with E-state index in [1.54, 1.807) is 13.8 Å². The van der Waals surface area contributed by atoms with Crippen molar-refractivity contribution in [2.75, 3.05) is 51.7 Å². The van der Waals surface area contributed by atoms with E-state index in [0.29, 0.717) is 15.4 Å². The molecule has 1 fully saturated rings. The molecule has 138 valence electrons. The third-order valence-electron chi connectivity index (χ3n) is 4.16. The molecule has 0 atom stereocenters. The first kappa shape index (κ1) is 19.6. The molecular weight excluding hydrogens is 342 g/mol. The summed E-state index contributed by atoms with van der Waals surface area (Å²) < 4.78 is 5.08. The predicted molar refractivity (Wildman–Crippen MR) is 97.6 cm³/mol. The Morgan fingerprint density at radius 1 is 1.20 bits per heavy atom. The largest absolute Gasteiger partial charge is 0.462 e. The Hall–Kier alpha value is -1.77. The van der Waals surface area contributed by atoms with Crippen molar-refractivity contribution in [2.45, 2.75) is 20.8 Å². The second kappa shape index (κ2) is 8.55. The summed E-state index contributed by atoms with van der Waals surface area (Å²) in [5.74, 6) is -0.835. The average molecular weight is 367 g/mol. The van der Waals surface area contributed by atoms with Crippen molar-refractivity contribution < 1.29 is 19.1 Å². The molecule has 7 nitrogen and oxygen atoms in total. The van der Waals surface area contributed by atoms with Crippen molar-refractivity contribution in [3.63, 3.8) is 0 Å². The van der Waals surface area contributed by atoms with Gasteiger partial charge in [-0.05, 0) is 33.4 Å². The summed E-state index contributed by atoms with van der Waals surface area (Å²) in [6, 6.07) is 0. The van der Waals surface area contributed by atoms with Crippen LogP contribution in [0, 0.1) is 6.92 Å². The van der Waals surface area contributed by atoms with Crippen LogP contribution in [0.4, 0.5) is 5.00 Å². The number of ketones is 1. The number of esters is 1. The number of piperazine rings is 1. The van der Waals surface area contributed by atoms with Gasteiger partial charge in [0, 0.05) is 26.2 Å². The zero-order valence-corrected chi connectivity index (χ0v) is 16.0. The van der Waals surface area contributed by atoms with E-state index in [9.17, 15) is 14.4 Å². The van der Waals surface area contributed by atoms with E-state index in [0.717, 1.165) is 37.5 Å². The Balaban J connectivity index is 2.14. The van der Waals surface area contributed by atoms with Crippen LogP contribution in [-0.4, -0.2) is 73.8 Å². The Labute approximate surface area is 151 Å². The highest BCUT2D eigenvalue weighted by Crippen LogP contribution is 2.34. The molecule has 1 amide bonds. The number of anilines is 1. The Kier molecular flexibility index (Phi) is 6.69. The van der Waals surface area contributed by atoms with Crippen molar-refractivity contribution in [1.82, 2.24) is 9.80 Å². The van der Waals surface area contributed by atoms with Gasteiger partial charge in [0.05, 0.1) is 23.6 Å². The molecule has 0 spiro atoms. The van der Waals surface area contributed by atoms with Crippen LogP contribution in [0.5, 0.6) is 0 Å². The zero-order valence-electron chi connectivity index (χ0n) is 15.2. The van der Waals surface area contributed by atoms with Gasteiger partial charge < -0.3 is 15.0 Å². The van der Waals surface area contributed by atoms with E-state index >= 15 is 0 Å². The maximum atomic E-state index is 12.4. The van der Waals surface area contributed by atoms with Gasteiger partial charge >= 0.3 is 5.97 Å². The molecular formula is C17H25N3O4S. The molecule has 1 aliphatic heterocycles. The minimum absolute atomic E-state index is 0.132. The van der Waals surface area contributed by atoms with Gasteiger partial charge in [-0.1, -0.05) is 0 Å². The van der Waals surface area contributed by atoms with Crippen molar-refractivity contribution in [2.24, 2.45) is 0 Å². The molecule has 1 aromatic rings. The summed E-state index contributed by atoms with van der Waals surface area (Å²) in [4.78, 5) is 41.2. The first-order valence-corrected chi connectivity index (χ1v) is 9.17. The topological polar surface area (TPSA) is 79.0 Å². The van der Waals surface area contributed by atoms with Gasteiger partial charge in [0.1, 0.15) is 5.00 Å². The van der Waals surface area contributed by atoms with Crippen LogP contribution in [-0.2, 0) is 9.53 Å². The van der Waals surface area contributed by atoms with Gasteiger partial charge in [-0.3, -0.25) is 14.5 Å². The minimum Gasteiger partial charge on any atom is -0.462 e. The summed E-state index contributed by atoms with van der Waals surface area (Å²) in [6.07, 6.45) is 0. The van der Waals surface area contributed by atoms with Gasteiger partial charge in [-0.15, -0.1) is 11.3 Å². The molecule has 0 bridgehead atoms. The third kappa shape index (κ3) is 4.87. The fraction of sp³-hybridized carbons (Fsp3) is 0.588. The fourth-order valence-corrected chi connectivity index (χ4v) is 3.87. The van der Waals surface area contributed by atoms with Crippen LogP contribution in [0.3, 0.4) is 0 Å². The SMILES string of the molecule is CCOC(=O)c1c(NC(=O)CN2CCN(C)CC2)sc(C(C)=O)c1C. The molecule has 1 N–H and O–H groups in total. The van der Waals surface area contributed by atoms with Gasteiger partial charge in [-0.2, -0.15) is 0 Å². The van der Waals surface area contributed by atoms with Crippen LogP contribution < -0.4 is 5.32 Å². The number of amides is 1. The molecule has 0 unspecified atom stereocenters. The first-order chi connectivity index (χ1) is 11.8. The molecule has 0 saturated carbocycles. The summed E-state index contributed by atoms with van der Waals surface area (Å²) in [5, 5.41) is 3.18. The molecule has 25 heavy (non-hydrogen) atoms. The molecule has 0 aliphatic carbocycles. The molecule has 8 heteroatoms. The number of nitrogens with one attached hydrogen (secondary N) is 1. The zero-order chi connectivity index (χ0) is 18.6. The lowest BCUT2D eigenvalue weighted by atomic mass is 10.1. The average Bonchev–Trinajstić information content (AvgIpc) is 2.86. The monoisotopic (exact) mass is 367 g/mol. The van der Waals surface area contributed by atoms with E-state index in [1.807, 2.05) is 0 Å². The molecule has 0 aromatic carbocycles. The maximum absolute atomic E-state index is 12.4. The van der Waals surface area contributed by atoms with Gasteiger partial charge in [0.25, 0.3) is 0 Å². The third-order valence-corrected chi connectivity index (χ3v) is 5.47. The number of hydrogen-bond donors (Lipinski definition) is 1. The highest BCUT2D eigenvalue weighted by atomic mass is 32.1. The summed E-state index contributed by atoms with van der Waals surface area (Å²) in [5.41, 5.74) is 0.842. The van der Waals surface area contributed by atoms with Gasteiger partial charge in [-0.25, -0.2) is 4.79 Å². The number of carbonyl (C=O) groups is 3. The van der Waals surface area contributed by atoms with Crippen molar-refractivity contribution in [1.29, 1.82) is 0 Å². The summed E-state index contributed by atoms with van der Waals surface area (Å²) >= 11 is 1.13. The highest BCUT2D eigenvalue weighted by molar-refractivity contribution is 7.18. The minimum atomic E-state index is -0.515. The van der Waals surface area contributed by atoms with E-state index in [4.69, 9.17) is 4.74 Å². The van der Waals surface area contributed by atoms with E-state index < -0.39 is 5.97 Å². The summed E-state index contributed by atoms with van der Waals surface area (Å²) in [7, 11) is 2.06. The van der Waals surface area contributed by atoms with Gasteiger partial charge in [0.2, 0.25) is 5.91 Å². The molecule has 1 saturated heterocycles. The molecule has 2 heterocycles. The lowest BCUT2D eigenvalue weighted by Gasteiger charge is -2.31. The van der Waals surface area contributed by atoms with E-state index in [2.05, 4.69) is 22.2 Å². The number of hydrogen-bond acceptors (Lipinski definition) is 7. The quantitative estimate of drug-likeness (QED) is 0.608. The van der Waals surface area contributed by atoms with Crippen molar-refractivity contribution >= 4 is 34.0 Å². The van der Waals surface area contributed by atoms with Crippen LogP contribution in [0.25, 0.3) is 0 Å². The van der Waals surface area contributed by atoms with E-state index in [-0.39, 0.29) is 30.4 Å². The smallest absolute Gasteiger partial charge is 0.341 e. The number of likely N-dealkylation sites (N-methyl/N-ethyl adjacent to an activating group) is 1. The number of ether oxygens (including phenoxy) is 1. The maximum Gasteiger partial charge on any atom is 0.341 e. The van der Waals surface area contributed by atoms with Gasteiger partial charge in [0.15, 0.2) is 5.78 Å². The number of thiophene rings is 1. The van der Waals surface area contributed by atoms with Crippen LogP contribution >= 0.6 is 11.3 Å². The lowest BCUT2D eigenvalue weighted by molar-refractivity contribution is -0.117. The normalized spacial score (nSPS) is 15.8. The lowest BCUT2D eigenvalue weighted by Crippen LogP contribution is -2.47. The Bertz CT molecular complexity index is 663. The van der Waals surface area contributed by atoms with E-state index in [1.165, 1.54) is 6.92 Å². The molecule has 0 radical (unpaired) electrons. The second-order valence-electron chi connectivity index (χ2n) is 6.16. The second-order valence-corrected chi connectivity index (χ2v) is 7.19. The predicted octanol–water partition coefficient (Wildman–Crippen LogP) is 1.62. The number of carbonyl (C=O) groups excluding carboxylic acids is 3. The first-order valence-electron chi connectivity index (χ1n) is 8.35. The number of rotatable bonds is 6. The van der Waals surface area contributed by atoms with Crippen molar-refractivity contribution in [3.8, 4) is 0 Å². The van der Waals surface area contributed by atoms with Crippen LogP contribution in [0.2, 0.25) is 0 Å². The standard InChI is InChI=1S/C17H25N3O4S/c1-5-24-17(23)14-11(2)15(12(3)21)25-16(14)18-13(22)10-20-8-6-19(4)7-9-20/h5-10H2,1-4H3,(H,18,22). The molecule has 1 aliphatic rings. The Morgan fingerprint density at radius 2 is 1.84 bits per heavy atom.